The number of imidazole rings is 1. The second-order valence-electron chi connectivity index (χ2n) is 6.07. The third-order valence-electron chi connectivity index (χ3n) is 4.52. The lowest BCUT2D eigenvalue weighted by Gasteiger charge is -2.30. The van der Waals surface area contributed by atoms with Gasteiger partial charge in [0.05, 0.1) is 6.54 Å². The predicted octanol–water partition coefficient (Wildman–Crippen LogP) is 1.91. The molecule has 0 saturated carbocycles. The second kappa shape index (κ2) is 7.79. The summed E-state index contributed by atoms with van der Waals surface area (Å²) in [5.41, 5.74) is 1.01. The van der Waals surface area contributed by atoms with E-state index in [2.05, 4.69) is 16.9 Å². The molecule has 1 aromatic carbocycles. The van der Waals surface area contributed by atoms with Gasteiger partial charge >= 0.3 is 0 Å². The van der Waals surface area contributed by atoms with Crippen molar-refractivity contribution in [3.05, 3.63) is 61.2 Å². The van der Waals surface area contributed by atoms with Crippen molar-refractivity contribution in [1.29, 1.82) is 0 Å². The number of carbonyl (C=O) groups excluding carboxylic acids is 2. The van der Waals surface area contributed by atoms with E-state index in [1.54, 1.807) is 11.1 Å². The average molecular weight is 338 g/mol. The standard InChI is InChI=1S/C19H22N4O2/c1-2-18(24)22-11-8-15(9-12-22)19(25)21-14-17-20-10-13-23(17)16-6-4-3-5-7-16/h2-7,10,13,15H,1,8-9,11-12,14H2,(H,21,25). The van der Waals surface area contributed by atoms with Gasteiger partial charge in [0.2, 0.25) is 11.8 Å². The molecule has 0 aliphatic carbocycles. The molecular weight excluding hydrogens is 316 g/mol. The Kier molecular flexibility index (Phi) is 5.28. The number of para-hydroxylation sites is 1. The highest BCUT2D eigenvalue weighted by molar-refractivity contribution is 5.87. The van der Waals surface area contributed by atoms with E-state index in [1.807, 2.05) is 41.1 Å². The van der Waals surface area contributed by atoms with E-state index in [9.17, 15) is 9.59 Å². The summed E-state index contributed by atoms with van der Waals surface area (Å²) in [6, 6.07) is 9.90. The molecule has 0 atom stereocenters. The summed E-state index contributed by atoms with van der Waals surface area (Å²) in [7, 11) is 0. The van der Waals surface area contributed by atoms with Gasteiger partial charge in [0, 0.05) is 37.1 Å². The highest BCUT2D eigenvalue weighted by atomic mass is 16.2. The predicted molar refractivity (Wildman–Crippen MR) is 94.9 cm³/mol. The van der Waals surface area contributed by atoms with Crippen molar-refractivity contribution >= 4 is 11.8 Å². The van der Waals surface area contributed by atoms with Gasteiger partial charge in [-0.05, 0) is 31.1 Å². The van der Waals surface area contributed by atoms with Crippen LogP contribution in [0.2, 0.25) is 0 Å². The van der Waals surface area contributed by atoms with Gasteiger partial charge in [0.1, 0.15) is 5.82 Å². The summed E-state index contributed by atoms with van der Waals surface area (Å²) in [5.74, 6) is 0.685. The zero-order chi connectivity index (χ0) is 17.6. The van der Waals surface area contributed by atoms with Gasteiger partial charge in [-0.3, -0.25) is 9.59 Å². The highest BCUT2D eigenvalue weighted by Gasteiger charge is 2.26. The molecule has 0 bridgehead atoms. The third-order valence-corrected chi connectivity index (χ3v) is 4.52. The Balaban J connectivity index is 1.55. The Morgan fingerprint density at radius 3 is 2.64 bits per heavy atom. The molecule has 1 aromatic heterocycles. The van der Waals surface area contributed by atoms with Crippen LogP contribution in [0.5, 0.6) is 0 Å². The van der Waals surface area contributed by atoms with Crippen LogP contribution in [0.1, 0.15) is 18.7 Å². The molecule has 3 rings (SSSR count). The number of benzene rings is 1. The molecule has 25 heavy (non-hydrogen) atoms. The first-order valence-electron chi connectivity index (χ1n) is 8.45. The number of amides is 2. The van der Waals surface area contributed by atoms with E-state index in [4.69, 9.17) is 0 Å². The first kappa shape index (κ1) is 17.0. The van der Waals surface area contributed by atoms with Crippen LogP contribution in [0.25, 0.3) is 5.69 Å². The highest BCUT2D eigenvalue weighted by Crippen LogP contribution is 2.18. The van der Waals surface area contributed by atoms with E-state index in [0.717, 1.165) is 11.5 Å². The number of rotatable bonds is 5. The smallest absolute Gasteiger partial charge is 0.245 e. The number of likely N-dealkylation sites (tertiary alicyclic amines) is 1. The van der Waals surface area contributed by atoms with Gasteiger partial charge in [-0.25, -0.2) is 4.98 Å². The van der Waals surface area contributed by atoms with Crippen LogP contribution >= 0.6 is 0 Å². The fraction of sp³-hybridized carbons (Fsp3) is 0.316. The van der Waals surface area contributed by atoms with E-state index >= 15 is 0 Å². The van der Waals surface area contributed by atoms with E-state index in [-0.39, 0.29) is 17.7 Å². The fourth-order valence-corrected chi connectivity index (χ4v) is 3.09. The topological polar surface area (TPSA) is 67.2 Å². The van der Waals surface area contributed by atoms with Gasteiger partial charge in [-0.15, -0.1) is 0 Å². The van der Waals surface area contributed by atoms with E-state index < -0.39 is 0 Å². The molecule has 6 nitrogen and oxygen atoms in total. The molecule has 1 saturated heterocycles. The molecule has 2 amide bonds. The van der Waals surface area contributed by atoms with Crippen LogP contribution in [0, 0.1) is 5.92 Å². The lowest BCUT2D eigenvalue weighted by atomic mass is 9.96. The molecule has 2 aromatic rings. The van der Waals surface area contributed by atoms with Crippen molar-refractivity contribution in [3.8, 4) is 5.69 Å². The zero-order valence-electron chi connectivity index (χ0n) is 14.1. The molecule has 0 radical (unpaired) electrons. The molecule has 1 aliphatic rings. The van der Waals surface area contributed by atoms with Crippen LogP contribution in [-0.4, -0.2) is 39.4 Å². The molecule has 0 unspecified atom stereocenters. The van der Waals surface area contributed by atoms with E-state index in [1.165, 1.54) is 6.08 Å². The lowest BCUT2D eigenvalue weighted by Crippen LogP contribution is -2.42. The van der Waals surface area contributed by atoms with Gasteiger partial charge < -0.3 is 14.8 Å². The van der Waals surface area contributed by atoms with Gasteiger partial charge in [-0.2, -0.15) is 0 Å². The molecule has 0 spiro atoms. The Labute approximate surface area is 147 Å². The minimum Gasteiger partial charge on any atom is -0.349 e. The van der Waals surface area contributed by atoms with Crippen LogP contribution in [0.4, 0.5) is 0 Å². The third kappa shape index (κ3) is 3.96. The number of aromatic nitrogens is 2. The molecule has 2 heterocycles. The number of hydrogen-bond acceptors (Lipinski definition) is 3. The van der Waals surface area contributed by atoms with Crippen molar-refractivity contribution in [3.63, 3.8) is 0 Å². The second-order valence-corrected chi connectivity index (χ2v) is 6.07. The van der Waals surface area contributed by atoms with Crippen molar-refractivity contribution in [2.45, 2.75) is 19.4 Å². The van der Waals surface area contributed by atoms with E-state index in [0.29, 0.717) is 32.5 Å². The van der Waals surface area contributed by atoms with Crippen LogP contribution in [-0.2, 0) is 16.1 Å². The van der Waals surface area contributed by atoms with Crippen LogP contribution in [0.3, 0.4) is 0 Å². The Morgan fingerprint density at radius 1 is 1.24 bits per heavy atom. The first-order chi connectivity index (χ1) is 12.2. The maximum atomic E-state index is 12.4. The number of hydrogen-bond donors (Lipinski definition) is 1. The first-order valence-corrected chi connectivity index (χ1v) is 8.45. The Morgan fingerprint density at radius 2 is 1.96 bits per heavy atom. The number of nitrogens with one attached hydrogen (secondary N) is 1. The maximum absolute atomic E-state index is 12.4. The fourth-order valence-electron chi connectivity index (χ4n) is 3.09. The van der Waals surface area contributed by atoms with Crippen molar-refractivity contribution in [2.24, 2.45) is 5.92 Å². The minimum absolute atomic E-state index is 0.0216. The largest absolute Gasteiger partial charge is 0.349 e. The molecule has 1 aliphatic heterocycles. The molecule has 130 valence electrons. The number of piperidine rings is 1. The van der Waals surface area contributed by atoms with Crippen molar-refractivity contribution in [2.75, 3.05) is 13.1 Å². The number of nitrogens with zero attached hydrogens (tertiary/aromatic N) is 3. The molecule has 1 N–H and O–H groups in total. The number of carbonyl (C=O) groups is 2. The quantitative estimate of drug-likeness (QED) is 0.847. The summed E-state index contributed by atoms with van der Waals surface area (Å²) in [6.45, 7) is 5.08. The maximum Gasteiger partial charge on any atom is 0.245 e. The summed E-state index contributed by atoms with van der Waals surface area (Å²) < 4.78 is 1.96. The summed E-state index contributed by atoms with van der Waals surface area (Å²) >= 11 is 0. The Bertz CT molecular complexity index is 746. The minimum atomic E-state index is -0.0660. The molecule has 6 heteroatoms. The summed E-state index contributed by atoms with van der Waals surface area (Å²) in [5, 5.41) is 2.98. The average Bonchev–Trinajstić information content (AvgIpc) is 3.15. The van der Waals surface area contributed by atoms with Gasteiger partial charge in [0.15, 0.2) is 0 Å². The van der Waals surface area contributed by atoms with Crippen LogP contribution in [0.15, 0.2) is 55.4 Å². The SMILES string of the molecule is C=CC(=O)N1CCC(C(=O)NCc2nccn2-c2ccccc2)CC1. The monoisotopic (exact) mass is 338 g/mol. The summed E-state index contributed by atoms with van der Waals surface area (Å²) in [6.07, 6.45) is 6.30. The van der Waals surface area contributed by atoms with Gasteiger partial charge in [-0.1, -0.05) is 24.8 Å². The molecular formula is C19H22N4O2. The molecule has 1 fully saturated rings. The van der Waals surface area contributed by atoms with Crippen LogP contribution < -0.4 is 5.32 Å². The lowest BCUT2D eigenvalue weighted by molar-refractivity contribution is -0.132. The van der Waals surface area contributed by atoms with Crippen molar-refractivity contribution < 1.29 is 9.59 Å². The summed E-state index contributed by atoms with van der Waals surface area (Å²) in [4.78, 5) is 30.1. The normalized spacial score (nSPS) is 15.0. The van der Waals surface area contributed by atoms with Crippen molar-refractivity contribution in [1.82, 2.24) is 19.8 Å². The van der Waals surface area contributed by atoms with Gasteiger partial charge in [0.25, 0.3) is 0 Å². The zero-order valence-corrected chi connectivity index (χ0v) is 14.1. The Hall–Kier alpha value is -2.89.